The number of benzene rings is 1. The van der Waals surface area contributed by atoms with Crippen LogP contribution in [-0.4, -0.2) is 45.1 Å². The number of halogens is 1. The summed E-state index contributed by atoms with van der Waals surface area (Å²) in [6.07, 6.45) is 8.51. The number of nitrogens with zero attached hydrogens (tertiary/aromatic N) is 3. The quantitative estimate of drug-likeness (QED) is 0.521. The number of allylic oxidation sites excluding steroid dienone is 1. The van der Waals surface area contributed by atoms with Gasteiger partial charge in [0.1, 0.15) is 5.82 Å². The van der Waals surface area contributed by atoms with E-state index >= 15 is 0 Å². The van der Waals surface area contributed by atoms with Gasteiger partial charge in [-0.1, -0.05) is 24.6 Å². The molecule has 0 bridgehead atoms. The summed E-state index contributed by atoms with van der Waals surface area (Å²) in [7, 11) is 0. The van der Waals surface area contributed by atoms with E-state index in [1.165, 1.54) is 12.3 Å². The van der Waals surface area contributed by atoms with Crippen LogP contribution in [0.5, 0.6) is 0 Å². The molecule has 7 heteroatoms. The molecule has 1 fully saturated rings. The zero-order chi connectivity index (χ0) is 25.2. The van der Waals surface area contributed by atoms with E-state index in [-0.39, 0.29) is 12.0 Å². The van der Waals surface area contributed by atoms with Crippen LogP contribution in [0.15, 0.2) is 60.7 Å². The van der Waals surface area contributed by atoms with Gasteiger partial charge in [-0.3, -0.25) is 19.7 Å². The largest absolute Gasteiger partial charge is 0.393 e. The van der Waals surface area contributed by atoms with Crippen molar-refractivity contribution in [2.24, 2.45) is 0 Å². The Kier molecular flexibility index (Phi) is 6.94. The Balaban J connectivity index is 1.44. The molecule has 1 saturated heterocycles. The number of anilines is 1. The fourth-order valence-electron chi connectivity index (χ4n) is 5.34. The lowest BCUT2D eigenvalue weighted by atomic mass is 9.78. The van der Waals surface area contributed by atoms with Crippen molar-refractivity contribution in [1.82, 2.24) is 14.9 Å². The second kappa shape index (κ2) is 10.3. The molecule has 3 heterocycles. The molecule has 3 aromatic rings. The molecule has 0 unspecified atom stereocenters. The van der Waals surface area contributed by atoms with Crippen molar-refractivity contribution in [3.8, 4) is 11.1 Å². The molecule has 6 nitrogen and oxygen atoms in total. The van der Waals surface area contributed by atoms with Gasteiger partial charge in [-0.15, -0.1) is 0 Å². The number of carbonyl (C=O) groups excluding carboxylic acids is 1. The Hall–Kier alpha value is -3.42. The molecule has 0 saturated carbocycles. The minimum Gasteiger partial charge on any atom is -0.393 e. The number of piperidine rings is 1. The molecule has 1 aliphatic carbocycles. The van der Waals surface area contributed by atoms with Crippen LogP contribution in [0.2, 0.25) is 0 Å². The first kappa shape index (κ1) is 24.3. The third-order valence-corrected chi connectivity index (χ3v) is 7.17. The van der Waals surface area contributed by atoms with E-state index in [2.05, 4.69) is 51.4 Å². The number of hydrogen-bond acceptors (Lipinski definition) is 5. The van der Waals surface area contributed by atoms with Crippen molar-refractivity contribution in [3.63, 3.8) is 0 Å². The fourth-order valence-corrected chi connectivity index (χ4v) is 5.34. The lowest BCUT2D eigenvalue weighted by Crippen LogP contribution is -2.35. The molecule has 0 spiro atoms. The van der Waals surface area contributed by atoms with Crippen molar-refractivity contribution in [2.75, 3.05) is 18.4 Å². The van der Waals surface area contributed by atoms with Gasteiger partial charge in [-0.25, -0.2) is 4.39 Å². The number of aliphatic hydroxyl groups is 1. The average Bonchev–Trinajstić information content (AvgIpc) is 2.85. The lowest BCUT2D eigenvalue weighted by molar-refractivity contribution is -0.111. The normalized spacial score (nSPS) is 18.7. The molecule has 2 aliphatic rings. The summed E-state index contributed by atoms with van der Waals surface area (Å²) in [6, 6.07) is 9.70. The van der Waals surface area contributed by atoms with Crippen LogP contribution in [0, 0.1) is 5.82 Å². The molecule has 0 radical (unpaired) electrons. The standard InChI is InChI=1S/C29H31FN4O2/c1-18-9-19(2)28(29(36)33-24-12-23(30)15-32-16-24)27-11-21(3-4-26(18)27)22-10-20(13-31-14-22)17-34-7-5-25(35)6-8-34/h3-4,10-16,18,25,35H,5-9,17H2,1-2H3,(H,33,36)/t18-/m1/s1. The topological polar surface area (TPSA) is 78.4 Å². The summed E-state index contributed by atoms with van der Waals surface area (Å²) in [6.45, 7) is 6.72. The number of amides is 1. The number of aliphatic hydroxyl groups excluding tert-OH is 1. The van der Waals surface area contributed by atoms with Gasteiger partial charge in [-0.05, 0) is 66.5 Å². The van der Waals surface area contributed by atoms with Gasteiger partial charge >= 0.3 is 0 Å². The zero-order valence-corrected chi connectivity index (χ0v) is 20.7. The Morgan fingerprint density at radius 1 is 1.08 bits per heavy atom. The third kappa shape index (κ3) is 5.22. The highest BCUT2D eigenvalue weighted by Crippen LogP contribution is 2.40. The molecule has 1 amide bonds. The van der Waals surface area contributed by atoms with E-state index in [1.807, 2.05) is 19.3 Å². The van der Waals surface area contributed by atoms with Gasteiger partial charge in [0.2, 0.25) is 0 Å². The van der Waals surface area contributed by atoms with E-state index in [0.717, 1.165) is 78.5 Å². The van der Waals surface area contributed by atoms with Gasteiger partial charge in [0.25, 0.3) is 5.91 Å². The summed E-state index contributed by atoms with van der Waals surface area (Å²) >= 11 is 0. The summed E-state index contributed by atoms with van der Waals surface area (Å²) < 4.78 is 13.6. The number of aromatic nitrogens is 2. The predicted octanol–water partition coefficient (Wildman–Crippen LogP) is 5.16. The van der Waals surface area contributed by atoms with Crippen LogP contribution in [0.25, 0.3) is 16.7 Å². The molecule has 186 valence electrons. The highest BCUT2D eigenvalue weighted by molar-refractivity contribution is 6.26. The minimum atomic E-state index is -0.494. The molecule has 1 aliphatic heterocycles. The van der Waals surface area contributed by atoms with Crippen molar-refractivity contribution in [2.45, 2.75) is 51.7 Å². The summed E-state index contributed by atoms with van der Waals surface area (Å²) in [5, 5.41) is 12.6. The summed E-state index contributed by atoms with van der Waals surface area (Å²) in [5.41, 5.74) is 7.12. The number of rotatable bonds is 5. The maximum atomic E-state index is 13.6. The van der Waals surface area contributed by atoms with Crippen LogP contribution < -0.4 is 5.32 Å². The molecule has 1 aromatic carbocycles. The van der Waals surface area contributed by atoms with E-state index in [1.54, 1.807) is 0 Å². The third-order valence-electron chi connectivity index (χ3n) is 7.17. The summed E-state index contributed by atoms with van der Waals surface area (Å²) in [4.78, 5) is 24.0. The van der Waals surface area contributed by atoms with E-state index < -0.39 is 5.82 Å². The second-order valence-corrected chi connectivity index (χ2v) is 10.00. The first-order chi connectivity index (χ1) is 17.4. The van der Waals surface area contributed by atoms with Crippen LogP contribution in [0.1, 0.15) is 55.7 Å². The highest BCUT2D eigenvalue weighted by atomic mass is 19.1. The van der Waals surface area contributed by atoms with E-state index in [9.17, 15) is 14.3 Å². The molecule has 2 N–H and O–H groups in total. The highest BCUT2D eigenvalue weighted by Gasteiger charge is 2.27. The van der Waals surface area contributed by atoms with Crippen molar-refractivity contribution < 1.29 is 14.3 Å². The van der Waals surface area contributed by atoms with Crippen molar-refractivity contribution in [1.29, 1.82) is 0 Å². The van der Waals surface area contributed by atoms with E-state index in [0.29, 0.717) is 17.2 Å². The Labute approximate surface area is 210 Å². The Morgan fingerprint density at radius 3 is 2.64 bits per heavy atom. The molecule has 1 atom stereocenters. The molecule has 36 heavy (non-hydrogen) atoms. The maximum absolute atomic E-state index is 13.6. The lowest BCUT2D eigenvalue weighted by Gasteiger charge is -2.29. The number of carbonyl (C=O) groups is 1. The zero-order valence-electron chi connectivity index (χ0n) is 20.7. The number of nitrogens with one attached hydrogen (secondary N) is 1. The van der Waals surface area contributed by atoms with Crippen molar-refractivity contribution >= 4 is 17.2 Å². The minimum absolute atomic E-state index is 0.191. The van der Waals surface area contributed by atoms with Crippen LogP contribution in [0.4, 0.5) is 10.1 Å². The molecule has 5 rings (SSSR count). The van der Waals surface area contributed by atoms with Gasteiger partial charge < -0.3 is 10.4 Å². The van der Waals surface area contributed by atoms with Crippen LogP contribution >= 0.6 is 0 Å². The summed E-state index contributed by atoms with van der Waals surface area (Å²) in [5.74, 6) is -0.462. The Bertz CT molecular complexity index is 1310. The van der Waals surface area contributed by atoms with Crippen LogP contribution in [-0.2, 0) is 11.3 Å². The first-order valence-corrected chi connectivity index (χ1v) is 12.5. The van der Waals surface area contributed by atoms with E-state index in [4.69, 9.17) is 0 Å². The average molecular weight is 487 g/mol. The molecular formula is C29H31FN4O2. The molecule has 2 aromatic heterocycles. The first-order valence-electron chi connectivity index (χ1n) is 12.5. The van der Waals surface area contributed by atoms with Gasteiger partial charge in [0.15, 0.2) is 0 Å². The Morgan fingerprint density at radius 2 is 1.86 bits per heavy atom. The smallest absolute Gasteiger partial charge is 0.256 e. The number of hydrogen-bond donors (Lipinski definition) is 2. The number of pyridine rings is 2. The number of likely N-dealkylation sites (tertiary alicyclic amines) is 1. The van der Waals surface area contributed by atoms with Crippen LogP contribution in [0.3, 0.4) is 0 Å². The van der Waals surface area contributed by atoms with Gasteiger partial charge in [0, 0.05) is 49.2 Å². The van der Waals surface area contributed by atoms with Gasteiger partial charge in [-0.2, -0.15) is 0 Å². The fraction of sp³-hybridized carbons (Fsp3) is 0.345. The number of fused-ring (bicyclic) bond motifs is 1. The van der Waals surface area contributed by atoms with Crippen molar-refractivity contribution in [3.05, 3.63) is 83.2 Å². The molecular weight excluding hydrogens is 455 g/mol. The maximum Gasteiger partial charge on any atom is 0.256 e. The van der Waals surface area contributed by atoms with Gasteiger partial charge in [0.05, 0.1) is 24.2 Å². The predicted molar refractivity (Wildman–Crippen MR) is 139 cm³/mol. The second-order valence-electron chi connectivity index (χ2n) is 10.00. The monoisotopic (exact) mass is 486 g/mol. The SMILES string of the molecule is CC1=C(C(=O)Nc2cncc(F)c2)c2cc(-c3cncc(CN4CCC(O)CC4)c3)ccc2[C@H](C)C1.